The van der Waals surface area contributed by atoms with Crippen molar-refractivity contribution in [2.45, 2.75) is 33.2 Å². The van der Waals surface area contributed by atoms with Gasteiger partial charge < -0.3 is 0 Å². The molecule has 1 aromatic heterocycles. The van der Waals surface area contributed by atoms with Crippen LogP contribution in [0.5, 0.6) is 0 Å². The average Bonchev–Trinajstić information content (AvgIpc) is 2.61. The number of carbonyl (C=O) groups is 1. The van der Waals surface area contributed by atoms with Crippen molar-refractivity contribution in [1.29, 1.82) is 0 Å². The molecule has 5 heteroatoms. The summed E-state index contributed by atoms with van der Waals surface area (Å²) in [6, 6.07) is 0. The Morgan fingerprint density at radius 1 is 1.50 bits per heavy atom. The highest BCUT2D eigenvalue weighted by molar-refractivity contribution is 6.31. The van der Waals surface area contributed by atoms with Gasteiger partial charge in [0.1, 0.15) is 5.78 Å². The fourth-order valence-corrected chi connectivity index (χ4v) is 2.80. The summed E-state index contributed by atoms with van der Waals surface area (Å²) in [5, 5.41) is 5.20. The molecule has 1 unspecified atom stereocenters. The normalized spacial score (nSPS) is 21.6. The monoisotopic (exact) mass is 269 g/mol. The third-order valence-electron chi connectivity index (χ3n) is 3.63. The Hall–Kier alpha value is -0.870. The number of hydrogen-bond donors (Lipinski definition) is 0. The number of hydrogen-bond acceptors (Lipinski definition) is 3. The van der Waals surface area contributed by atoms with E-state index < -0.39 is 0 Å². The molecular weight excluding hydrogens is 250 g/mol. The number of aryl methyl sites for hydroxylation is 2. The van der Waals surface area contributed by atoms with Crippen molar-refractivity contribution in [2.24, 2.45) is 13.0 Å². The molecule has 0 radical (unpaired) electrons. The van der Waals surface area contributed by atoms with E-state index in [-0.39, 0.29) is 5.92 Å². The number of piperidine rings is 1. The van der Waals surface area contributed by atoms with E-state index in [1.807, 2.05) is 18.7 Å². The van der Waals surface area contributed by atoms with Crippen LogP contribution in [0.3, 0.4) is 0 Å². The van der Waals surface area contributed by atoms with E-state index in [1.165, 1.54) is 0 Å². The zero-order valence-corrected chi connectivity index (χ0v) is 12.0. The predicted molar refractivity (Wildman–Crippen MR) is 71.7 cm³/mol. The number of nitrogens with zero attached hydrogens (tertiary/aromatic N) is 3. The first-order valence-electron chi connectivity index (χ1n) is 6.48. The first-order chi connectivity index (χ1) is 8.52. The molecule has 0 N–H and O–H groups in total. The molecule has 18 heavy (non-hydrogen) atoms. The minimum absolute atomic E-state index is 0.136. The molecular formula is C13H20ClN3O. The molecule has 0 bridgehead atoms. The summed E-state index contributed by atoms with van der Waals surface area (Å²) < 4.78 is 1.86. The second-order valence-corrected chi connectivity index (χ2v) is 5.41. The number of Topliss-reactive ketones (excluding diaryl/α,β-unsaturated/α-hetero) is 1. The zero-order valence-electron chi connectivity index (χ0n) is 11.2. The Morgan fingerprint density at radius 2 is 2.22 bits per heavy atom. The second-order valence-electron chi connectivity index (χ2n) is 5.04. The van der Waals surface area contributed by atoms with Crippen LogP contribution in [0.25, 0.3) is 0 Å². The van der Waals surface area contributed by atoms with Gasteiger partial charge in [0.15, 0.2) is 0 Å². The third-order valence-corrected chi connectivity index (χ3v) is 4.07. The minimum Gasteiger partial charge on any atom is -0.299 e. The van der Waals surface area contributed by atoms with Gasteiger partial charge in [-0.2, -0.15) is 5.10 Å². The maximum absolute atomic E-state index is 11.5. The Morgan fingerprint density at radius 3 is 2.78 bits per heavy atom. The number of halogens is 1. The molecule has 1 aromatic rings. The van der Waals surface area contributed by atoms with Crippen molar-refractivity contribution in [3.8, 4) is 0 Å². The van der Waals surface area contributed by atoms with Gasteiger partial charge in [-0.25, -0.2) is 0 Å². The quantitative estimate of drug-likeness (QED) is 0.843. The summed E-state index contributed by atoms with van der Waals surface area (Å²) in [7, 11) is 1.93. The van der Waals surface area contributed by atoms with E-state index in [9.17, 15) is 4.79 Å². The highest BCUT2D eigenvalue weighted by atomic mass is 35.5. The molecule has 1 atom stereocenters. The molecule has 4 nitrogen and oxygen atoms in total. The molecule has 0 aliphatic carbocycles. The second kappa shape index (κ2) is 5.41. The van der Waals surface area contributed by atoms with Gasteiger partial charge >= 0.3 is 0 Å². The molecule has 0 spiro atoms. The lowest BCUT2D eigenvalue weighted by molar-refractivity contribution is -0.125. The van der Waals surface area contributed by atoms with E-state index in [1.54, 1.807) is 0 Å². The van der Waals surface area contributed by atoms with Crippen LogP contribution in [-0.2, 0) is 24.8 Å². The van der Waals surface area contributed by atoms with Gasteiger partial charge in [-0.3, -0.25) is 14.4 Å². The smallest absolute Gasteiger partial charge is 0.138 e. The Bertz CT molecular complexity index is 455. The van der Waals surface area contributed by atoms with Gasteiger partial charge in [-0.1, -0.05) is 25.4 Å². The molecule has 1 saturated heterocycles. The van der Waals surface area contributed by atoms with E-state index >= 15 is 0 Å². The van der Waals surface area contributed by atoms with Crippen LogP contribution in [0.15, 0.2) is 0 Å². The van der Waals surface area contributed by atoms with Gasteiger partial charge in [0.25, 0.3) is 0 Å². The van der Waals surface area contributed by atoms with Gasteiger partial charge in [0.05, 0.1) is 16.4 Å². The fourth-order valence-electron chi connectivity index (χ4n) is 2.44. The van der Waals surface area contributed by atoms with Crippen molar-refractivity contribution >= 4 is 17.4 Å². The summed E-state index contributed by atoms with van der Waals surface area (Å²) in [4.78, 5) is 13.8. The largest absolute Gasteiger partial charge is 0.299 e. The van der Waals surface area contributed by atoms with Gasteiger partial charge in [0, 0.05) is 39.0 Å². The van der Waals surface area contributed by atoms with Crippen LogP contribution in [0, 0.1) is 5.92 Å². The highest BCUT2D eigenvalue weighted by Crippen LogP contribution is 2.23. The topological polar surface area (TPSA) is 38.1 Å². The van der Waals surface area contributed by atoms with E-state index in [2.05, 4.69) is 16.9 Å². The number of aromatic nitrogens is 2. The standard InChI is InChI=1S/C13H20ClN3O/c1-4-10-13(14)11(16(3)15-10)8-17-6-5-12(18)9(2)7-17/h9H,4-8H2,1-3H3. The molecule has 2 heterocycles. The predicted octanol–water partition coefficient (Wildman–Crippen LogP) is 2.05. The third kappa shape index (κ3) is 2.59. The molecule has 1 fully saturated rings. The minimum atomic E-state index is 0.136. The molecule has 1 aliphatic rings. The SMILES string of the molecule is CCc1nn(C)c(CN2CCC(=O)C(C)C2)c1Cl. The molecule has 100 valence electrons. The van der Waals surface area contributed by atoms with Crippen LogP contribution in [0.4, 0.5) is 0 Å². The van der Waals surface area contributed by atoms with Gasteiger partial charge in [0.2, 0.25) is 0 Å². The van der Waals surface area contributed by atoms with Crippen molar-refractivity contribution in [1.82, 2.24) is 14.7 Å². The zero-order chi connectivity index (χ0) is 13.3. The first-order valence-corrected chi connectivity index (χ1v) is 6.86. The Labute approximate surface area is 113 Å². The molecule has 0 amide bonds. The molecule has 2 rings (SSSR count). The summed E-state index contributed by atoms with van der Waals surface area (Å²) in [6.45, 7) is 6.48. The molecule has 1 aliphatic heterocycles. The lowest BCUT2D eigenvalue weighted by Gasteiger charge is -2.29. The molecule has 0 saturated carbocycles. The maximum Gasteiger partial charge on any atom is 0.138 e. The maximum atomic E-state index is 11.5. The van der Waals surface area contributed by atoms with Crippen LogP contribution in [0.1, 0.15) is 31.7 Å². The summed E-state index contributed by atoms with van der Waals surface area (Å²) in [6.07, 6.45) is 1.50. The van der Waals surface area contributed by atoms with E-state index in [0.29, 0.717) is 12.2 Å². The summed E-state index contributed by atoms with van der Waals surface area (Å²) in [5.41, 5.74) is 2.00. The van der Waals surface area contributed by atoms with E-state index in [0.717, 1.165) is 42.5 Å². The van der Waals surface area contributed by atoms with E-state index in [4.69, 9.17) is 11.6 Å². The van der Waals surface area contributed by atoms with Crippen LogP contribution >= 0.6 is 11.6 Å². The van der Waals surface area contributed by atoms with Gasteiger partial charge in [-0.15, -0.1) is 0 Å². The number of carbonyl (C=O) groups excluding carboxylic acids is 1. The Kier molecular flexibility index (Phi) is 4.07. The lowest BCUT2D eigenvalue weighted by atomic mass is 9.98. The summed E-state index contributed by atoms with van der Waals surface area (Å²) >= 11 is 6.34. The van der Waals surface area contributed by atoms with Crippen molar-refractivity contribution in [3.63, 3.8) is 0 Å². The van der Waals surface area contributed by atoms with Gasteiger partial charge in [-0.05, 0) is 6.42 Å². The van der Waals surface area contributed by atoms with Crippen LogP contribution in [0.2, 0.25) is 5.02 Å². The van der Waals surface area contributed by atoms with Crippen molar-refractivity contribution < 1.29 is 4.79 Å². The molecule has 0 aromatic carbocycles. The van der Waals surface area contributed by atoms with Crippen LogP contribution in [-0.4, -0.2) is 33.6 Å². The Balaban J connectivity index is 2.10. The number of rotatable bonds is 3. The lowest BCUT2D eigenvalue weighted by Crippen LogP contribution is -2.39. The van der Waals surface area contributed by atoms with Crippen molar-refractivity contribution in [2.75, 3.05) is 13.1 Å². The average molecular weight is 270 g/mol. The fraction of sp³-hybridized carbons (Fsp3) is 0.692. The highest BCUT2D eigenvalue weighted by Gasteiger charge is 2.25. The van der Waals surface area contributed by atoms with Crippen LogP contribution < -0.4 is 0 Å². The summed E-state index contributed by atoms with van der Waals surface area (Å²) in [5.74, 6) is 0.507. The first kappa shape index (κ1) is 13.6. The van der Waals surface area contributed by atoms with Crippen molar-refractivity contribution in [3.05, 3.63) is 16.4 Å². The number of ketones is 1. The number of likely N-dealkylation sites (tertiary alicyclic amines) is 1.